The Morgan fingerprint density at radius 3 is 2.72 bits per heavy atom. The van der Waals surface area contributed by atoms with E-state index in [0.717, 1.165) is 22.4 Å². The monoisotopic (exact) mass is 256 g/mol. The Labute approximate surface area is 109 Å². The van der Waals surface area contributed by atoms with Crippen molar-refractivity contribution in [2.75, 3.05) is 0 Å². The summed E-state index contributed by atoms with van der Waals surface area (Å²) in [6.07, 6.45) is 1.23. The summed E-state index contributed by atoms with van der Waals surface area (Å²) in [6, 6.07) is 11.5. The van der Waals surface area contributed by atoms with Crippen LogP contribution in [0.1, 0.15) is 22.4 Å². The second-order valence-corrected chi connectivity index (χ2v) is 5.23. The molecule has 0 bridgehead atoms. The Kier molecular flexibility index (Phi) is 2.76. The van der Waals surface area contributed by atoms with Crippen LogP contribution in [-0.2, 0) is 11.2 Å². The lowest BCUT2D eigenvalue weighted by atomic mass is 9.85. The number of ketones is 1. The lowest BCUT2D eigenvalue weighted by Crippen LogP contribution is -2.13. The molecule has 3 heteroatoms. The topological polar surface area (TPSA) is 37.3 Å². The van der Waals surface area contributed by atoms with Gasteiger partial charge in [-0.15, -0.1) is 11.3 Å². The Morgan fingerprint density at radius 1 is 1.11 bits per heavy atom. The molecule has 2 aromatic rings. The summed E-state index contributed by atoms with van der Waals surface area (Å²) in [4.78, 5) is 12.8. The summed E-state index contributed by atoms with van der Waals surface area (Å²) in [5.41, 5.74) is 2.48. The Hall–Kier alpha value is -1.87. The number of aryl methyl sites for hydroxylation is 1. The second kappa shape index (κ2) is 4.42. The average molecular weight is 256 g/mol. The van der Waals surface area contributed by atoms with Gasteiger partial charge in [0, 0.05) is 6.42 Å². The van der Waals surface area contributed by atoms with E-state index in [9.17, 15) is 9.90 Å². The van der Waals surface area contributed by atoms with Crippen molar-refractivity contribution in [2.45, 2.75) is 12.8 Å². The van der Waals surface area contributed by atoms with Crippen molar-refractivity contribution in [1.29, 1.82) is 0 Å². The summed E-state index contributed by atoms with van der Waals surface area (Å²) in [5, 5.41) is 12.2. The fraction of sp³-hybridized carbons (Fsp3) is 0.133. The minimum atomic E-state index is 0.0274. The molecule has 3 rings (SSSR count). The lowest BCUT2D eigenvalue weighted by molar-refractivity contribution is -0.113. The highest BCUT2D eigenvalue weighted by atomic mass is 32.1. The molecule has 0 spiro atoms. The van der Waals surface area contributed by atoms with Gasteiger partial charge in [-0.3, -0.25) is 4.79 Å². The average Bonchev–Trinajstić information content (AvgIpc) is 2.92. The number of fused-ring (bicyclic) bond motifs is 1. The van der Waals surface area contributed by atoms with Gasteiger partial charge in [0.2, 0.25) is 0 Å². The smallest absolute Gasteiger partial charge is 0.167 e. The first-order chi connectivity index (χ1) is 8.77. The molecule has 0 aliphatic heterocycles. The van der Waals surface area contributed by atoms with Crippen LogP contribution in [0.25, 0.3) is 11.3 Å². The quantitative estimate of drug-likeness (QED) is 0.624. The number of thiophene rings is 1. The van der Waals surface area contributed by atoms with Gasteiger partial charge in [0.05, 0.1) is 10.5 Å². The maximum absolute atomic E-state index is 12.1. The first kappa shape index (κ1) is 11.2. The molecule has 0 radical (unpaired) electrons. The van der Waals surface area contributed by atoms with Crippen molar-refractivity contribution < 1.29 is 9.90 Å². The summed E-state index contributed by atoms with van der Waals surface area (Å²) < 4.78 is 0. The number of rotatable bonds is 1. The van der Waals surface area contributed by atoms with Crippen molar-refractivity contribution in [3.8, 4) is 0 Å². The van der Waals surface area contributed by atoms with Crippen LogP contribution in [0.3, 0.4) is 0 Å². The van der Waals surface area contributed by atoms with Crippen molar-refractivity contribution in [1.82, 2.24) is 0 Å². The van der Waals surface area contributed by atoms with Crippen LogP contribution in [-0.4, -0.2) is 10.9 Å². The van der Waals surface area contributed by atoms with Gasteiger partial charge >= 0.3 is 0 Å². The molecule has 0 amide bonds. The van der Waals surface area contributed by atoms with Gasteiger partial charge in [0.25, 0.3) is 0 Å². The predicted octanol–water partition coefficient (Wildman–Crippen LogP) is 3.69. The molecule has 1 aromatic carbocycles. The minimum absolute atomic E-state index is 0.0274. The van der Waals surface area contributed by atoms with E-state index in [0.29, 0.717) is 12.0 Å². The number of aliphatic hydroxyl groups is 1. The van der Waals surface area contributed by atoms with Gasteiger partial charge in [-0.25, -0.2) is 0 Å². The summed E-state index contributed by atoms with van der Waals surface area (Å²) in [5.74, 6) is 0.141. The molecule has 1 heterocycles. The fourth-order valence-electron chi connectivity index (χ4n) is 2.30. The lowest BCUT2D eigenvalue weighted by Gasteiger charge is -2.18. The van der Waals surface area contributed by atoms with Crippen molar-refractivity contribution in [2.24, 2.45) is 0 Å². The zero-order chi connectivity index (χ0) is 12.5. The van der Waals surface area contributed by atoms with Gasteiger partial charge in [-0.05, 0) is 29.0 Å². The van der Waals surface area contributed by atoms with E-state index in [1.807, 2.05) is 41.8 Å². The van der Waals surface area contributed by atoms with Gasteiger partial charge in [0.15, 0.2) is 5.78 Å². The standard InChI is InChI=1S/C15H12O2S/c16-12-8-7-10-4-1-2-5-11(10)14(12)15(17)13-6-3-9-18-13/h1-6,9,17H,7-8H2. The molecule has 1 aliphatic carbocycles. The van der Waals surface area contributed by atoms with Crippen LogP contribution in [0.15, 0.2) is 41.8 Å². The van der Waals surface area contributed by atoms with Crippen molar-refractivity contribution in [3.63, 3.8) is 0 Å². The third kappa shape index (κ3) is 1.77. The second-order valence-electron chi connectivity index (χ2n) is 4.28. The third-order valence-corrected chi connectivity index (χ3v) is 4.05. The summed E-state index contributed by atoms with van der Waals surface area (Å²) in [6.45, 7) is 0. The van der Waals surface area contributed by atoms with E-state index in [2.05, 4.69) is 0 Å². The number of hydrogen-bond acceptors (Lipinski definition) is 3. The van der Waals surface area contributed by atoms with Gasteiger partial charge < -0.3 is 5.11 Å². The van der Waals surface area contributed by atoms with E-state index >= 15 is 0 Å². The first-order valence-electron chi connectivity index (χ1n) is 5.86. The molecule has 1 aromatic heterocycles. The highest BCUT2D eigenvalue weighted by Crippen LogP contribution is 2.34. The number of allylic oxidation sites excluding steroid dienone is 1. The van der Waals surface area contributed by atoms with E-state index in [1.54, 1.807) is 0 Å². The molecule has 18 heavy (non-hydrogen) atoms. The zero-order valence-corrected chi connectivity index (χ0v) is 10.5. The number of hydrogen-bond donors (Lipinski definition) is 1. The van der Waals surface area contributed by atoms with E-state index < -0.39 is 0 Å². The Morgan fingerprint density at radius 2 is 1.94 bits per heavy atom. The molecule has 90 valence electrons. The molecule has 0 saturated carbocycles. The third-order valence-electron chi connectivity index (χ3n) is 3.18. The van der Waals surface area contributed by atoms with Crippen LogP contribution < -0.4 is 0 Å². The van der Waals surface area contributed by atoms with Crippen LogP contribution in [0, 0.1) is 0 Å². The molecular formula is C15H12O2S. The van der Waals surface area contributed by atoms with Crippen molar-refractivity contribution >= 4 is 28.5 Å². The molecule has 2 nitrogen and oxygen atoms in total. The molecular weight excluding hydrogens is 244 g/mol. The number of Topliss-reactive ketones (excluding diaryl/α,β-unsaturated/α-hetero) is 1. The molecule has 1 N–H and O–H groups in total. The van der Waals surface area contributed by atoms with Crippen LogP contribution in [0.2, 0.25) is 0 Å². The molecule has 0 atom stereocenters. The molecule has 0 saturated heterocycles. The summed E-state index contributed by atoms with van der Waals surface area (Å²) >= 11 is 1.44. The highest BCUT2D eigenvalue weighted by Gasteiger charge is 2.25. The van der Waals surface area contributed by atoms with Gasteiger partial charge in [-0.1, -0.05) is 30.3 Å². The zero-order valence-electron chi connectivity index (χ0n) is 9.72. The number of carbonyl (C=O) groups is 1. The van der Waals surface area contributed by atoms with Crippen LogP contribution in [0.4, 0.5) is 0 Å². The SMILES string of the molecule is O=C1CCc2ccccc2C1=C(O)c1cccs1. The highest BCUT2D eigenvalue weighted by molar-refractivity contribution is 7.11. The fourth-order valence-corrected chi connectivity index (χ4v) is 2.98. The van der Waals surface area contributed by atoms with E-state index in [4.69, 9.17) is 0 Å². The van der Waals surface area contributed by atoms with Crippen molar-refractivity contribution in [3.05, 3.63) is 57.8 Å². The number of carbonyl (C=O) groups excluding carboxylic acids is 1. The summed E-state index contributed by atoms with van der Waals surface area (Å²) in [7, 11) is 0. The van der Waals surface area contributed by atoms with Crippen LogP contribution >= 0.6 is 11.3 Å². The number of aliphatic hydroxyl groups excluding tert-OH is 1. The maximum atomic E-state index is 12.1. The van der Waals surface area contributed by atoms with E-state index in [1.165, 1.54) is 11.3 Å². The minimum Gasteiger partial charge on any atom is -0.506 e. The molecule has 0 fully saturated rings. The largest absolute Gasteiger partial charge is 0.506 e. The predicted molar refractivity (Wildman–Crippen MR) is 73.5 cm³/mol. The Bertz CT molecular complexity index is 624. The Balaban J connectivity index is 2.22. The number of benzene rings is 1. The van der Waals surface area contributed by atoms with Gasteiger partial charge in [0.1, 0.15) is 5.76 Å². The first-order valence-corrected chi connectivity index (χ1v) is 6.74. The normalized spacial score (nSPS) is 17.4. The van der Waals surface area contributed by atoms with E-state index in [-0.39, 0.29) is 11.5 Å². The molecule has 1 aliphatic rings. The molecule has 0 unspecified atom stereocenters. The van der Waals surface area contributed by atoms with Crippen LogP contribution in [0.5, 0.6) is 0 Å². The van der Waals surface area contributed by atoms with Gasteiger partial charge in [-0.2, -0.15) is 0 Å². The maximum Gasteiger partial charge on any atom is 0.167 e.